The van der Waals surface area contributed by atoms with E-state index >= 15 is 0 Å². The summed E-state index contributed by atoms with van der Waals surface area (Å²) in [4.78, 5) is 10.9. The summed E-state index contributed by atoms with van der Waals surface area (Å²) < 4.78 is 0. The third-order valence-corrected chi connectivity index (χ3v) is 4.94. The molecule has 0 atom stereocenters. The molecule has 6 heteroatoms. The number of rotatable bonds is 1. The van der Waals surface area contributed by atoms with Crippen molar-refractivity contribution in [2.45, 2.75) is 37.8 Å². The highest BCUT2D eigenvalue weighted by Crippen LogP contribution is 2.42. The molecule has 6 nitrogen and oxygen atoms in total. The van der Waals surface area contributed by atoms with Crippen molar-refractivity contribution in [1.82, 2.24) is 0 Å². The first-order valence-electron chi connectivity index (χ1n) is 8.31. The second kappa shape index (κ2) is 5.40. The van der Waals surface area contributed by atoms with Gasteiger partial charge in [-0.25, -0.2) is 4.99 Å². The Morgan fingerprint density at radius 3 is 2.62 bits per heavy atom. The van der Waals surface area contributed by atoms with Gasteiger partial charge in [0.2, 0.25) is 11.9 Å². The Bertz CT molecular complexity index is 852. The summed E-state index contributed by atoms with van der Waals surface area (Å²) in [7, 11) is 0. The zero-order valence-electron chi connectivity index (χ0n) is 13.4. The normalized spacial score (nSPS) is 20.1. The second-order valence-corrected chi connectivity index (χ2v) is 6.50. The largest absolute Gasteiger partial charge is 0.508 e. The van der Waals surface area contributed by atoms with E-state index in [0.29, 0.717) is 5.96 Å². The molecule has 4 rings (SSSR count). The van der Waals surface area contributed by atoms with Gasteiger partial charge < -0.3 is 16.6 Å². The Morgan fingerprint density at radius 2 is 1.83 bits per heavy atom. The number of fused-ring (bicyclic) bond motifs is 1. The first kappa shape index (κ1) is 14.8. The smallest absolute Gasteiger partial charge is 0.220 e. The van der Waals surface area contributed by atoms with Gasteiger partial charge in [-0.15, -0.1) is 0 Å². The highest BCUT2D eigenvalue weighted by atomic mass is 16.3. The highest BCUT2D eigenvalue weighted by Gasteiger charge is 2.43. The van der Waals surface area contributed by atoms with Crippen LogP contribution in [0.1, 0.15) is 32.1 Å². The Balaban J connectivity index is 1.93. The first-order chi connectivity index (χ1) is 11.6. The average molecular weight is 323 g/mol. The number of nitrogens with two attached hydrogens (primary N) is 2. The number of phenolic OH excluding ortho intramolecular Hbond substituents is 1. The molecule has 1 spiro atoms. The van der Waals surface area contributed by atoms with Gasteiger partial charge in [0.25, 0.3) is 0 Å². The third-order valence-electron chi connectivity index (χ3n) is 4.94. The SMILES string of the molecule is NC1=NC2(CCCCC2)N(c2cccc3ccc(O)cc23)C(N)=N1. The molecule has 1 saturated carbocycles. The Kier molecular flexibility index (Phi) is 3.33. The molecule has 1 fully saturated rings. The number of anilines is 1. The van der Waals surface area contributed by atoms with E-state index in [0.717, 1.165) is 42.1 Å². The van der Waals surface area contributed by atoms with E-state index in [4.69, 9.17) is 16.5 Å². The molecule has 24 heavy (non-hydrogen) atoms. The Morgan fingerprint density at radius 1 is 1.04 bits per heavy atom. The summed E-state index contributed by atoms with van der Waals surface area (Å²) >= 11 is 0. The number of aromatic hydroxyl groups is 1. The van der Waals surface area contributed by atoms with Crippen molar-refractivity contribution in [3.05, 3.63) is 36.4 Å². The summed E-state index contributed by atoms with van der Waals surface area (Å²) in [5.74, 6) is 0.831. The van der Waals surface area contributed by atoms with E-state index in [1.165, 1.54) is 6.42 Å². The van der Waals surface area contributed by atoms with Gasteiger partial charge in [0.15, 0.2) is 0 Å². The van der Waals surface area contributed by atoms with Crippen molar-refractivity contribution < 1.29 is 5.11 Å². The number of hydrogen-bond donors (Lipinski definition) is 3. The van der Waals surface area contributed by atoms with Crippen molar-refractivity contribution in [2.75, 3.05) is 4.90 Å². The average Bonchev–Trinajstić information content (AvgIpc) is 2.55. The fourth-order valence-corrected chi connectivity index (χ4v) is 3.91. The lowest BCUT2D eigenvalue weighted by Crippen LogP contribution is -2.58. The maximum atomic E-state index is 9.94. The molecule has 2 aromatic carbocycles. The molecule has 1 aliphatic carbocycles. The minimum absolute atomic E-state index is 0.225. The molecule has 0 bridgehead atoms. The van der Waals surface area contributed by atoms with Crippen molar-refractivity contribution in [3.63, 3.8) is 0 Å². The number of phenols is 1. The molecule has 2 aliphatic rings. The monoisotopic (exact) mass is 323 g/mol. The minimum atomic E-state index is -0.478. The number of hydrogen-bond acceptors (Lipinski definition) is 6. The zero-order chi connectivity index (χ0) is 16.7. The van der Waals surface area contributed by atoms with E-state index in [1.807, 2.05) is 29.2 Å². The van der Waals surface area contributed by atoms with Crippen LogP contribution in [0.3, 0.4) is 0 Å². The van der Waals surface area contributed by atoms with Gasteiger partial charge in [-0.1, -0.05) is 24.6 Å². The molecule has 1 heterocycles. The number of aliphatic imine (C=N–C) groups is 2. The van der Waals surface area contributed by atoms with Crippen molar-refractivity contribution in [3.8, 4) is 5.75 Å². The van der Waals surface area contributed by atoms with Crippen LogP contribution < -0.4 is 16.4 Å². The summed E-state index contributed by atoms with van der Waals surface area (Å²) in [5, 5.41) is 11.9. The maximum absolute atomic E-state index is 9.94. The van der Waals surface area contributed by atoms with Crippen LogP contribution in [0.4, 0.5) is 5.69 Å². The van der Waals surface area contributed by atoms with Crippen LogP contribution in [0.25, 0.3) is 10.8 Å². The van der Waals surface area contributed by atoms with E-state index < -0.39 is 5.66 Å². The van der Waals surface area contributed by atoms with E-state index in [9.17, 15) is 5.11 Å². The van der Waals surface area contributed by atoms with Gasteiger partial charge in [0.1, 0.15) is 11.4 Å². The predicted molar refractivity (Wildman–Crippen MR) is 97.2 cm³/mol. The molecule has 0 radical (unpaired) electrons. The van der Waals surface area contributed by atoms with Gasteiger partial charge >= 0.3 is 0 Å². The van der Waals surface area contributed by atoms with Crippen molar-refractivity contribution in [1.29, 1.82) is 0 Å². The number of nitrogens with zero attached hydrogens (tertiary/aromatic N) is 3. The van der Waals surface area contributed by atoms with E-state index in [2.05, 4.69) is 4.99 Å². The molecule has 5 N–H and O–H groups in total. The summed E-state index contributed by atoms with van der Waals surface area (Å²) in [6.45, 7) is 0. The van der Waals surface area contributed by atoms with Gasteiger partial charge in [-0.3, -0.25) is 4.90 Å². The molecule has 0 saturated heterocycles. The first-order valence-corrected chi connectivity index (χ1v) is 8.31. The van der Waals surface area contributed by atoms with Crippen LogP contribution in [0.15, 0.2) is 46.4 Å². The lowest BCUT2D eigenvalue weighted by atomic mass is 9.87. The van der Waals surface area contributed by atoms with Gasteiger partial charge in [-0.2, -0.15) is 4.99 Å². The molecule has 1 aliphatic heterocycles. The van der Waals surface area contributed by atoms with Crippen LogP contribution in [-0.4, -0.2) is 22.7 Å². The maximum Gasteiger partial charge on any atom is 0.220 e. The lowest BCUT2D eigenvalue weighted by Gasteiger charge is -2.46. The van der Waals surface area contributed by atoms with Crippen molar-refractivity contribution in [2.24, 2.45) is 21.5 Å². The Labute approximate surface area is 140 Å². The van der Waals surface area contributed by atoms with E-state index in [1.54, 1.807) is 12.1 Å². The minimum Gasteiger partial charge on any atom is -0.508 e. The fourth-order valence-electron chi connectivity index (χ4n) is 3.91. The molecule has 0 unspecified atom stereocenters. The molecule has 2 aromatic rings. The number of benzene rings is 2. The van der Waals surface area contributed by atoms with Crippen LogP contribution in [0.5, 0.6) is 5.75 Å². The van der Waals surface area contributed by atoms with Crippen LogP contribution >= 0.6 is 0 Å². The lowest BCUT2D eigenvalue weighted by molar-refractivity contribution is 0.306. The quantitative estimate of drug-likeness (QED) is 0.751. The molecular formula is C18H21N5O. The van der Waals surface area contributed by atoms with Crippen molar-refractivity contribution >= 4 is 28.4 Å². The summed E-state index contributed by atoms with van der Waals surface area (Å²) in [6.07, 6.45) is 5.13. The zero-order valence-corrected chi connectivity index (χ0v) is 13.4. The third kappa shape index (κ3) is 2.26. The van der Waals surface area contributed by atoms with Gasteiger partial charge in [0, 0.05) is 5.39 Å². The fraction of sp³-hybridized carbons (Fsp3) is 0.333. The summed E-state index contributed by atoms with van der Waals surface area (Å²) in [5.41, 5.74) is 12.6. The van der Waals surface area contributed by atoms with Crippen LogP contribution in [0, 0.1) is 0 Å². The van der Waals surface area contributed by atoms with Crippen LogP contribution in [-0.2, 0) is 0 Å². The number of guanidine groups is 2. The standard InChI is InChI=1S/C18H21N5O/c19-16-21-17(20)23(18(22-16)9-2-1-3-10-18)15-6-4-5-12-7-8-13(24)11-14(12)15/h4-8,11,24H,1-3,9-10H2,(H4,19,20,21,22). The molecule has 124 valence electrons. The molecular weight excluding hydrogens is 302 g/mol. The second-order valence-electron chi connectivity index (χ2n) is 6.50. The highest BCUT2D eigenvalue weighted by molar-refractivity contribution is 6.10. The Hall–Kier alpha value is -2.76. The van der Waals surface area contributed by atoms with Gasteiger partial charge in [0.05, 0.1) is 5.69 Å². The van der Waals surface area contributed by atoms with Gasteiger partial charge in [-0.05, 0) is 49.3 Å². The van der Waals surface area contributed by atoms with Crippen LogP contribution in [0.2, 0.25) is 0 Å². The molecule has 0 amide bonds. The predicted octanol–water partition coefficient (Wildman–Crippen LogP) is 2.66. The summed E-state index contributed by atoms with van der Waals surface area (Å²) in [6, 6.07) is 11.3. The van der Waals surface area contributed by atoms with E-state index in [-0.39, 0.29) is 11.7 Å². The molecule has 0 aromatic heterocycles. The topological polar surface area (TPSA) is 100 Å².